The third kappa shape index (κ3) is 1.90. The second-order valence-electron chi connectivity index (χ2n) is 4.57. The second kappa shape index (κ2) is 4.49. The Bertz CT molecular complexity index is 632. The molecule has 18 heavy (non-hydrogen) atoms. The van der Waals surface area contributed by atoms with E-state index in [-0.39, 0.29) is 17.2 Å². The fourth-order valence-electron chi connectivity index (χ4n) is 2.39. The molecule has 1 atom stereocenters. The first kappa shape index (κ1) is 11.3. The molecule has 0 bridgehead atoms. The number of piperidine rings is 1. The minimum absolute atomic E-state index is 0.0658. The third-order valence-electron chi connectivity index (χ3n) is 3.33. The molecule has 0 saturated carbocycles. The van der Waals surface area contributed by atoms with E-state index in [1.165, 1.54) is 28.8 Å². The van der Waals surface area contributed by atoms with E-state index in [9.17, 15) is 9.18 Å². The van der Waals surface area contributed by atoms with Crippen LogP contribution in [0.5, 0.6) is 0 Å². The Morgan fingerprint density at radius 2 is 2.33 bits per heavy atom. The average Bonchev–Trinajstić information content (AvgIpc) is 2.41. The summed E-state index contributed by atoms with van der Waals surface area (Å²) < 4.78 is 14.9. The molecular formula is C13H14FN3O. The average molecular weight is 247 g/mol. The van der Waals surface area contributed by atoms with Crippen LogP contribution >= 0.6 is 0 Å². The first-order chi connectivity index (χ1) is 8.75. The van der Waals surface area contributed by atoms with E-state index < -0.39 is 5.82 Å². The predicted molar refractivity (Wildman–Crippen MR) is 66.0 cm³/mol. The summed E-state index contributed by atoms with van der Waals surface area (Å²) in [5.41, 5.74) is 0.513. The quantitative estimate of drug-likeness (QED) is 0.833. The largest absolute Gasteiger partial charge is 0.309 e. The van der Waals surface area contributed by atoms with Gasteiger partial charge < -0.3 is 5.32 Å². The van der Waals surface area contributed by atoms with Crippen molar-refractivity contribution in [2.45, 2.75) is 25.3 Å². The Balaban J connectivity index is 2.14. The Hall–Kier alpha value is -1.75. The van der Waals surface area contributed by atoms with Gasteiger partial charge in [-0.1, -0.05) is 6.42 Å². The van der Waals surface area contributed by atoms with E-state index >= 15 is 0 Å². The molecule has 1 aliphatic rings. The van der Waals surface area contributed by atoms with Crippen LogP contribution in [0.25, 0.3) is 5.65 Å². The molecular weight excluding hydrogens is 233 g/mol. The van der Waals surface area contributed by atoms with Crippen molar-refractivity contribution in [1.82, 2.24) is 14.7 Å². The van der Waals surface area contributed by atoms with Crippen LogP contribution in [0.4, 0.5) is 4.39 Å². The van der Waals surface area contributed by atoms with Crippen LogP contribution in [-0.4, -0.2) is 15.9 Å². The molecule has 5 heteroatoms. The lowest BCUT2D eigenvalue weighted by Crippen LogP contribution is -2.29. The molecule has 1 unspecified atom stereocenters. The van der Waals surface area contributed by atoms with Gasteiger partial charge in [0, 0.05) is 18.3 Å². The summed E-state index contributed by atoms with van der Waals surface area (Å²) in [5.74, 6) is -0.466. The number of fused-ring (bicyclic) bond motifs is 1. The van der Waals surface area contributed by atoms with Crippen LogP contribution in [0.15, 0.2) is 29.2 Å². The maximum atomic E-state index is 13.7. The van der Waals surface area contributed by atoms with Crippen LogP contribution in [-0.2, 0) is 0 Å². The molecule has 1 aliphatic heterocycles. The van der Waals surface area contributed by atoms with Gasteiger partial charge in [0.15, 0.2) is 11.5 Å². The highest BCUT2D eigenvalue weighted by Crippen LogP contribution is 2.20. The van der Waals surface area contributed by atoms with Gasteiger partial charge in [0.25, 0.3) is 5.56 Å². The van der Waals surface area contributed by atoms with Crippen molar-refractivity contribution >= 4 is 5.65 Å². The molecule has 3 heterocycles. The number of hydrogen-bond acceptors (Lipinski definition) is 3. The van der Waals surface area contributed by atoms with Gasteiger partial charge in [0.1, 0.15) is 0 Å². The van der Waals surface area contributed by atoms with Crippen LogP contribution < -0.4 is 10.9 Å². The second-order valence-corrected chi connectivity index (χ2v) is 4.57. The van der Waals surface area contributed by atoms with Gasteiger partial charge in [-0.15, -0.1) is 0 Å². The molecule has 4 nitrogen and oxygen atoms in total. The number of halogens is 1. The maximum Gasteiger partial charge on any atom is 0.258 e. The lowest BCUT2D eigenvalue weighted by molar-refractivity contribution is 0.405. The van der Waals surface area contributed by atoms with E-state index in [1.807, 2.05) is 0 Å². The molecule has 1 fully saturated rings. The molecule has 2 aromatic heterocycles. The van der Waals surface area contributed by atoms with Crippen molar-refractivity contribution in [3.05, 3.63) is 46.3 Å². The standard InChI is InChI=1S/C13H14FN3O/c14-9-4-3-7-17-12(18)8-11(16-13(9)17)10-5-1-2-6-15-10/h3-4,7-8,10,15H,1-2,5-6H2. The normalized spacial score (nSPS) is 20.2. The number of rotatable bonds is 1. The Morgan fingerprint density at radius 3 is 3.11 bits per heavy atom. The van der Waals surface area contributed by atoms with E-state index in [4.69, 9.17) is 0 Å². The summed E-state index contributed by atoms with van der Waals surface area (Å²) in [7, 11) is 0. The zero-order chi connectivity index (χ0) is 12.5. The number of aromatic nitrogens is 2. The summed E-state index contributed by atoms with van der Waals surface area (Å²) in [6.45, 7) is 0.920. The van der Waals surface area contributed by atoms with Gasteiger partial charge in [-0.25, -0.2) is 9.37 Å². The van der Waals surface area contributed by atoms with Crippen molar-refractivity contribution < 1.29 is 4.39 Å². The predicted octanol–water partition coefficient (Wildman–Crippen LogP) is 1.65. The van der Waals surface area contributed by atoms with Crippen molar-refractivity contribution in [3.63, 3.8) is 0 Å². The number of nitrogens with one attached hydrogen (secondary N) is 1. The number of pyridine rings is 1. The maximum absolute atomic E-state index is 13.7. The van der Waals surface area contributed by atoms with Gasteiger partial charge in [-0.05, 0) is 31.5 Å². The molecule has 0 amide bonds. The summed E-state index contributed by atoms with van der Waals surface area (Å²) in [6, 6.07) is 4.38. The zero-order valence-electron chi connectivity index (χ0n) is 9.90. The Morgan fingerprint density at radius 1 is 1.44 bits per heavy atom. The molecule has 2 aromatic rings. The lowest BCUT2D eigenvalue weighted by Gasteiger charge is -2.22. The summed E-state index contributed by atoms with van der Waals surface area (Å²) >= 11 is 0. The molecule has 1 N–H and O–H groups in total. The number of hydrogen-bond donors (Lipinski definition) is 1. The smallest absolute Gasteiger partial charge is 0.258 e. The van der Waals surface area contributed by atoms with E-state index in [0.717, 1.165) is 25.8 Å². The van der Waals surface area contributed by atoms with Gasteiger partial charge >= 0.3 is 0 Å². The van der Waals surface area contributed by atoms with Crippen molar-refractivity contribution in [2.24, 2.45) is 0 Å². The lowest BCUT2D eigenvalue weighted by atomic mass is 10.0. The highest BCUT2D eigenvalue weighted by molar-refractivity contribution is 5.40. The van der Waals surface area contributed by atoms with Crippen LogP contribution in [0.3, 0.4) is 0 Å². The molecule has 0 aliphatic carbocycles. The van der Waals surface area contributed by atoms with Crippen LogP contribution in [0.2, 0.25) is 0 Å². The highest BCUT2D eigenvalue weighted by Gasteiger charge is 2.18. The fourth-order valence-corrected chi connectivity index (χ4v) is 2.39. The van der Waals surface area contributed by atoms with Crippen LogP contribution in [0.1, 0.15) is 31.0 Å². The fraction of sp³-hybridized carbons (Fsp3) is 0.385. The zero-order valence-corrected chi connectivity index (χ0v) is 9.90. The van der Waals surface area contributed by atoms with Crippen molar-refractivity contribution in [2.75, 3.05) is 6.54 Å². The monoisotopic (exact) mass is 247 g/mol. The van der Waals surface area contributed by atoms with Crippen LogP contribution in [0, 0.1) is 5.82 Å². The molecule has 0 spiro atoms. The van der Waals surface area contributed by atoms with E-state index in [0.29, 0.717) is 5.69 Å². The molecule has 0 radical (unpaired) electrons. The topological polar surface area (TPSA) is 46.4 Å². The highest BCUT2D eigenvalue weighted by atomic mass is 19.1. The number of nitrogens with zero attached hydrogens (tertiary/aromatic N) is 2. The van der Waals surface area contributed by atoms with E-state index in [2.05, 4.69) is 10.3 Å². The van der Waals surface area contributed by atoms with E-state index in [1.54, 1.807) is 0 Å². The molecule has 0 aromatic carbocycles. The molecule has 1 saturated heterocycles. The van der Waals surface area contributed by atoms with Gasteiger partial charge in [0.05, 0.1) is 5.69 Å². The van der Waals surface area contributed by atoms with Gasteiger partial charge in [0.2, 0.25) is 0 Å². The van der Waals surface area contributed by atoms with Crippen molar-refractivity contribution in [3.8, 4) is 0 Å². The van der Waals surface area contributed by atoms with Gasteiger partial charge in [-0.3, -0.25) is 9.20 Å². The minimum Gasteiger partial charge on any atom is -0.309 e. The first-order valence-corrected chi connectivity index (χ1v) is 6.17. The Kier molecular flexibility index (Phi) is 2.83. The first-order valence-electron chi connectivity index (χ1n) is 6.17. The SMILES string of the molecule is O=c1cc(C2CCCCN2)nc2c(F)cccn12. The summed E-state index contributed by atoms with van der Waals surface area (Å²) in [6.07, 6.45) is 4.72. The third-order valence-corrected chi connectivity index (χ3v) is 3.33. The molecule has 94 valence electrons. The van der Waals surface area contributed by atoms with Crippen molar-refractivity contribution in [1.29, 1.82) is 0 Å². The Labute approximate surface area is 103 Å². The summed E-state index contributed by atoms with van der Waals surface area (Å²) in [5, 5.41) is 3.31. The minimum atomic E-state index is -0.466. The molecule has 3 rings (SSSR count). The van der Waals surface area contributed by atoms with Gasteiger partial charge in [-0.2, -0.15) is 0 Å². The summed E-state index contributed by atoms with van der Waals surface area (Å²) in [4.78, 5) is 16.2.